The number of halogens is 1. The Morgan fingerprint density at radius 1 is 1.30 bits per heavy atom. The molecule has 0 N–H and O–H groups in total. The molecule has 0 bridgehead atoms. The molecule has 3 aromatic rings. The molecule has 3 heterocycles. The number of hydrogen-bond acceptors (Lipinski definition) is 7. The largest absolute Gasteiger partial charge is 0.491 e. The summed E-state index contributed by atoms with van der Waals surface area (Å²) in [7, 11) is 0. The highest BCUT2D eigenvalue weighted by atomic mass is 79.9. The predicted octanol–water partition coefficient (Wildman–Crippen LogP) is 4.41. The van der Waals surface area contributed by atoms with Crippen LogP contribution in [0.15, 0.2) is 61.2 Å². The van der Waals surface area contributed by atoms with Gasteiger partial charge >= 0.3 is 5.97 Å². The fraction of sp³-hybridized carbons (Fsp3) is 0.292. The van der Waals surface area contributed by atoms with E-state index < -0.39 is 12.0 Å². The number of carbonyl (C=O) groups excluding carboxylic acids is 1. The monoisotopic (exact) mass is 546 g/mol. The van der Waals surface area contributed by atoms with Crippen LogP contribution >= 0.6 is 38.6 Å². The number of nitrogens with zero attached hydrogens (tertiary/aromatic N) is 2. The number of hydrogen-bond donors (Lipinski definition) is 0. The molecule has 9 heteroatoms. The standard InChI is InChI=1S/C24H23BrN2O4S2/c1-5-30-23(29)20-14(4)26-24-27(21(20)15-8-6-7-9-17(15)31-13(2)3)22(28)19(33-24)12-18-16(25)10-11-32-18/h6-13,21H,5H2,1-4H3/b19-12+/t21-/m0/s1. The lowest BCUT2D eigenvalue weighted by Crippen LogP contribution is -2.40. The summed E-state index contributed by atoms with van der Waals surface area (Å²) >= 11 is 6.37. The molecule has 172 valence electrons. The number of thiophene rings is 1. The third kappa shape index (κ3) is 4.62. The van der Waals surface area contributed by atoms with E-state index in [9.17, 15) is 9.59 Å². The maximum Gasteiger partial charge on any atom is 0.338 e. The average molecular weight is 547 g/mol. The minimum Gasteiger partial charge on any atom is -0.491 e. The fourth-order valence-electron chi connectivity index (χ4n) is 3.68. The first-order valence-electron chi connectivity index (χ1n) is 10.5. The van der Waals surface area contributed by atoms with Crippen molar-refractivity contribution in [1.29, 1.82) is 0 Å². The van der Waals surface area contributed by atoms with Crippen LogP contribution in [0, 0.1) is 0 Å². The summed E-state index contributed by atoms with van der Waals surface area (Å²) in [5.74, 6) is 0.128. The highest BCUT2D eigenvalue weighted by molar-refractivity contribution is 9.10. The molecule has 0 unspecified atom stereocenters. The second-order valence-corrected chi connectivity index (χ2v) is 10.5. The number of esters is 1. The van der Waals surface area contributed by atoms with Gasteiger partial charge in [0.05, 0.1) is 28.5 Å². The van der Waals surface area contributed by atoms with Gasteiger partial charge in [-0.05, 0) is 67.2 Å². The van der Waals surface area contributed by atoms with E-state index >= 15 is 0 Å². The minimum absolute atomic E-state index is 0.0747. The molecule has 2 aromatic heterocycles. The van der Waals surface area contributed by atoms with E-state index in [1.54, 1.807) is 18.4 Å². The number of ether oxygens (including phenoxy) is 2. The number of aromatic nitrogens is 1. The van der Waals surface area contributed by atoms with Crippen molar-refractivity contribution in [3.63, 3.8) is 0 Å². The molecule has 1 atom stereocenters. The highest BCUT2D eigenvalue weighted by Crippen LogP contribution is 2.36. The van der Waals surface area contributed by atoms with Crippen molar-refractivity contribution in [2.75, 3.05) is 6.61 Å². The molecule has 0 saturated heterocycles. The first-order chi connectivity index (χ1) is 15.8. The van der Waals surface area contributed by atoms with Crippen LogP contribution in [0.1, 0.15) is 44.2 Å². The number of carbonyl (C=O) groups is 1. The van der Waals surface area contributed by atoms with Gasteiger partial charge in [0, 0.05) is 14.9 Å². The lowest BCUT2D eigenvalue weighted by atomic mass is 9.95. The Hall–Kier alpha value is -2.49. The van der Waals surface area contributed by atoms with Crippen molar-refractivity contribution in [2.24, 2.45) is 4.99 Å². The molecule has 0 amide bonds. The molecule has 4 rings (SSSR count). The molecule has 1 aliphatic heterocycles. The van der Waals surface area contributed by atoms with Crippen molar-refractivity contribution in [2.45, 2.75) is 39.8 Å². The molecule has 0 aliphatic carbocycles. The number of para-hydroxylation sites is 1. The van der Waals surface area contributed by atoms with Gasteiger partial charge in [-0.2, -0.15) is 0 Å². The van der Waals surface area contributed by atoms with E-state index in [4.69, 9.17) is 9.47 Å². The van der Waals surface area contributed by atoms with Crippen molar-refractivity contribution < 1.29 is 14.3 Å². The topological polar surface area (TPSA) is 69.9 Å². The van der Waals surface area contributed by atoms with Gasteiger partial charge in [0.25, 0.3) is 5.56 Å². The average Bonchev–Trinajstić information content (AvgIpc) is 3.30. The van der Waals surface area contributed by atoms with Gasteiger partial charge in [-0.15, -0.1) is 11.3 Å². The zero-order chi connectivity index (χ0) is 23.7. The lowest BCUT2D eigenvalue weighted by Gasteiger charge is -2.26. The minimum atomic E-state index is -0.704. The Morgan fingerprint density at radius 3 is 2.73 bits per heavy atom. The van der Waals surface area contributed by atoms with E-state index in [-0.39, 0.29) is 18.3 Å². The number of rotatable bonds is 6. The van der Waals surface area contributed by atoms with E-state index in [2.05, 4.69) is 20.9 Å². The molecule has 0 spiro atoms. The van der Waals surface area contributed by atoms with E-state index in [0.29, 0.717) is 31.9 Å². The zero-order valence-corrected chi connectivity index (χ0v) is 21.8. The van der Waals surface area contributed by atoms with Gasteiger partial charge in [0.1, 0.15) is 11.8 Å². The molecule has 6 nitrogen and oxygen atoms in total. The van der Waals surface area contributed by atoms with Crippen molar-refractivity contribution in [3.05, 3.63) is 81.6 Å². The summed E-state index contributed by atoms with van der Waals surface area (Å²) < 4.78 is 14.5. The number of allylic oxidation sites excluding steroid dienone is 1. The van der Waals surface area contributed by atoms with Gasteiger partial charge in [-0.25, -0.2) is 9.79 Å². The van der Waals surface area contributed by atoms with Gasteiger partial charge in [-0.1, -0.05) is 29.5 Å². The zero-order valence-electron chi connectivity index (χ0n) is 18.6. The third-order valence-electron chi connectivity index (χ3n) is 5.00. The van der Waals surface area contributed by atoms with Crippen LogP contribution < -0.4 is 19.6 Å². The summed E-state index contributed by atoms with van der Waals surface area (Å²) in [6.07, 6.45) is 1.78. The Morgan fingerprint density at radius 2 is 2.06 bits per heavy atom. The third-order valence-corrected chi connectivity index (χ3v) is 7.80. The van der Waals surface area contributed by atoms with Crippen molar-refractivity contribution in [1.82, 2.24) is 4.57 Å². The molecular weight excluding hydrogens is 524 g/mol. The first-order valence-corrected chi connectivity index (χ1v) is 13.0. The summed E-state index contributed by atoms with van der Waals surface area (Å²) in [4.78, 5) is 32.8. The van der Waals surface area contributed by atoms with Crippen LogP contribution in [0.4, 0.5) is 0 Å². The maximum absolute atomic E-state index is 13.7. The fourth-order valence-corrected chi connectivity index (χ4v) is 6.20. The smallest absolute Gasteiger partial charge is 0.338 e. The highest BCUT2D eigenvalue weighted by Gasteiger charge is 2.35. The van der Waals surface area contributed by atoms with Crippen LogP contribution in [0.5, 0.6) is 5.75 Å². The normalized spacial score (nSPS) is 16.1. The van der Waals surface area contributed by atoms with Crippen LogP contribution in [0.25, 0.3) is 6.08 Å². The summed E-state index contributed by atoms with van der Waals surface area (Å²) in [6, 6.07) is 8.72. The molecule has 1 aliphatic rings. The van der Waals surface area contributed by atoms with Gasteiger partial charge in [0.15, 0.2) is 4.80 Å². The molecular formula is C24H23BrN2O4S2. The van der Waals surface area contributed by atoms with Crippen LogP contribution in [0.3, 0.4) is 0 Å². The summed E-state index contributed by atoms with van der Waals surface area (Å²) in [5.41, 5.74) is 1.38. The Labute approximate surface area is 207 Å². The van der Waals surface area contributed by atoms with Gasteiger partial charge in [0.2, 0.25) is 0 Å². The van der Waals surface area contributed by atoms with E-state index in [0.717, 1.165) is 9.35 Å². The summed E-state index contributed by atoms with van der Waals surface area (Å²) in [6.45, 7) is 7.64. The maximum atomic E-state index is 13.7. The summed E-state index contributed by atoms with van der Waals surface area (Å²) in [5, 5.41) is 1.96. The molecule has 1 aromatic carbocycles. The lowest BCUT2D eigenvalue weighted by molar-refractivity contribution is -0.139. The first kappa shape index (κ1) is 23.7. The van der Waals surface area contributed by atoms with Crippen LogP contribution in [-0.4, -0.2) is 23.2 Å². The van der Waals surface area contributed by atoms with Gasteiger partial charge in [-0.3, -0.25) is 9.36 Å². The SMILES string of the molecule is CCOC(=O)C1=C(C)N=c2s/c(=C/c3sccc3Br)c(=O)n2[C@H]1c1ccccc1OC(C)C. The number of fused-ring (bicyclic) bond motifs is 1. The van der Waals surface area contributed by atoms with E-state index in [1.807, 2.05) is 55.6 Å². The van der Waals surface area contributed by atoms with Crippen molar-refractivity contribution in [3.8, 4) is 5.75 Å². The predicted molar refractivity (Wildman–Crippen MR) is 135 cm³/mol. The molecule has 0 radical (unpaired) electrons. The number of benzene rings is 1. The van der Waals surface area contributed by atoms with Gasteiger partial charge < -0.3 is 9.47 Å². The quantitative estimate of drug-likeness (QED) is 0.429. The molecule has 0 saturated carbocycles. The Kier molecular flexibility index (Phi) is 7.02. The molecule has 0 fully saturated rings. The Bertz CT molecular complexity index is 1410. The second kappa shape index (κ2) is 9.79. The number of thiazole rings is 1. The Balaban J connectivity index is 2.00. The van der Waals surface area contributed by atoms with Crippen LogP contribution in [0.2, 0.25) is 0 Å². The second-order valence-electron chi connectivity index (χ2n) is 7.64. The van der Waals surface area contributed by atoms with Crippen molar-refractivity contribution >= 4 is 50.6 Å². The molecule has 33 heavy (non-hydrogen) atoms. The van der Waals surface area contributed by atoms with Crippen LogP contribution in [-0.2, 0) is 9.53 Å². The van der Waals surface area contributed by atoms with E-state index in [1.165, 1.54) is 22.7 Å².